The number of rotatable bonds is 2. The van der Waals surface area contributed by atoms with E-state index in [1.54, 1.807) is 0 Å². The minimum Gasteiger partial charge on any atom is -0.393 e. The van der Waals surface area contributed by atoms with Crippen LogP contribution in [0.25, 0.3) is 0 Å². The van der Waals surface area contributed by atoms with E-state index in [0.29, 0.717) is 0 Å². The Morgan fingerprint density at radius 2 is 1.79 bits per heavy atom. The van der Waals surface area contributed by atoms with E-state index < -0.39 is 43.4 Å². The van der Waals surface area contributed by atoms with Gasteiger partial charge in [0, 0.05) is 0 Å². The largest absolute Gasteiger partial charge is 0.399 e. The molecule has 7 heteroatoms. The third-order valence-electron chi connectivity index (χ3n) is 2.55. The summed E-state index contributed by atoms with van der Waals surface area (Å²) in [6.45, 7) is -0.565. The van der Waals surface area contributed by atoms with Crippen molar-refractivity contribution in [1.82, 2.24) is 0 Å². The van der Waals surface area contributed by atoms with Crippen LogP contribution in [0.2, 0.25) is 0 Å². The molecule has 0 aromatic carbocycles. The summed E-state index contributed by atoms with van der Waals surface area (Å²) in [4.78, 5) is 4.78. The van der Waals surface area contributed by atoms with Crippen LogP contribution < -0.4 is 0 Å². The topological polar surface area (TPSA) is 116 Å². The van der Waals surface area contributed by atoms with Crippen LogP contribution >= 0.6 is 0 Å². The molecular formula is C7H13O7+. The van der Waals surface area contributed by atoms with Crippen molar-refractivity contribution < 1.29 is 34.9 Å². The van der Waals surface area contributed by atoms with Gasteiger partial charge < -0.3 is 25.5 Å². The molecule has 0 aliphatic carbocycles. The number of hydrogen-bond acceptors (Lipinski definition) is 6. The highest BCUT2D eigenvalue weighted by atomic mass is 17.5. The van der Waals surface area contributed by atoms with Crippen molar-refractivity contribution in [1.29, 1.82) is 0 Å². The van der Waals surface area contributed by atoms with Crippen LogP contribution in [0.5, 0.6) is 0 Å². The van der Waals surface area contributed by atoms with E-state index in [-0.39, 0.29) is 0 Å². The lowest BCUT2D eigenvalue weighted by molar-refractivity contribution is -0.293. The second-order valence-electron chi connectivity index (χ2n) is 3.48. The van der Waals surface area contributed by atoms with Crippen LogP contribution in [-0.2, 0) is 9.41 Å². The van der Waals surface area contributed by atoms with E-state index in [4.69, 9.17) is 9.99 Å². The standard InChI is InChI=1S/C7H13O7/c8-1-2(9)6-4(11)3(10)5(12)7-13-14(6)7/h2-12H,1H2/q+1/t2-,3+,4+,5+,6-,7+/m1/s1. The third kappa shape index (κ3) is 1.34. The minimum atomic E-state index is -1.39. The Morgan fingerprint density at radius 3 is 2.36 bits per heavy atom. The molecule has 0 amide bonds. The fourth-order valence-corrected chi connectivity index (χ4v) is 1.68. The summed E-state index contributed by atoms with van der Waals surface area (Å²) in [6, 6.07) is 0. The van der Waals surface area contributed by atoms with Crippen molar-refractivity contribution in [2.24, 2.45) is 0 Å². The van der Waals surface area contributed by atoms with E-state index in [0.717, 1.165) is 0 Å². The molecule has 2 saturated heterocycles. The second kappa shape index (κ2) is 3.38. The molecule has 82 valence electrons. The predicted molar refractivity (Wildman–Crippen MR) is 40.9 cm³/mol. The van der Waals surface area contributed by atoms with Crippen LogP contribution in [0.3, 0.4) is 0 Å². The molecule has 0 aromatic rings. The maximum absolute atomic E-state index is 9.48. The lowest BCUT2D eigenvalue weighted by atomic mass is 9.96. The Kier molecular flexibility index (Phi) is 2.48. The van der Waals surface area contributed by atoms with Gasteiger partial charge in [-0.3, -0.25) is 0 Å². The van der Waals surface area contributed by atoms with Crippen LogP contribution in [0.4, 0.5) is 0 Å². The van der Waals surface area contributed by atoms with Gasteiger partial charge in [-0.05, 0) is 4.89 Å². The molecule has 2 rings (SSSR count). The summed E-state index contributed by atoms with van der Waals surface area (Å²) in [5, 5.41) is 46.1. The maximum Gasteiger partial charge on any atom is 0.399 e. The lowest BCUT2D eigenvalue weighted by Crippen LogP contribution is -2.57. The first-order chi connectivity index (χ1) is 6.57. The summed E-state index contributed by atoms with van der Waals surface area (Å²) < 4.78 is 2.01. The first kappa shape index (κ1) is 10.2. The fraction of sp³-hybridized carbons (Fsp3) is 1.00. The van der Waals surface area contributed by atoms with Gasteiger partial charge in [0.2, 0.25) is 0 Å². The molecule has 0 spiro atoms. The third-order valence-corrected chi connectivity index (χ3v) is 2.55. The van der Waals surface area contributed by atoms with Gasteiger partial charge in [0.05, 0.1) is 6.61 Å². The first-order valence-corrected chi connectivity index (χ1v) is 4.30. The van der Waals surface area contributed by atoms with Gasteiger partial charge in [0.25, 0.3) is 6.10 Å². The molecule has 5 N–H and O–H groups in total. The summed E-state index contributed by atoms with van der Waals surface area (Å²) in [5.74, 6) is 0. The number of aliphatic hydroxyl groups is 5. The van der Waals surface area contributed by atoms with Gasteiger partial charge in [-0.15, -0.1) is 0 Å². The zero-order chi connectivity index (χ0) is 10.5. The Morgan fingerprint density at radius 1 is 1.14 bits per heavy atom. The van der Waals surface area contributed by atoms with Gasteiger partial charge in [-0.25, -0.2) is 0 Å². The first-order valence-electron chi connectivity index (χ1n) is 4.30. The van der Waals surface area contributed by atoms with Gasteiger partial charge in [-0.1, -0.05) is 0 Å². The number of fused-ring (bicyclic) bond motifs is 1. The Labute approximate surface area is 79.4 Å². The highest BCUT2D eigenvalue weighted by Gasteiger charge is 2.70. The second-order valence-corrected chi connectivity index (χ2v) is 3.48. The smallest absolute Gasteiger partial charge is 0.393 e. The van der Waals surface area contributed by atoms with Crippen molar-refractivity contribution in [3.8, 4) is 0 Å². The van der Waals surface area contributed by atoms with Crippen molar-refractivity contribution in [2.75, 3.05) is 6.61 Å². The quantitative estimate of drug-likeness (QED) is 0.184. The molecule has 0 aromatic heterocycles. The Bertz CT molecular complexity index is 222. The molecule has 14 heavy (non-hydrogen) atoms. The number of hydrogen-bond donors (Lipinski definition) is 5. The molecule has 6 atom stereocenters. The molecule has 7 nitrogen and oxygen atoms in total. The van der Waals surface area contributed by atoms with E-state index in [2.05, 4.69) is 0 Å². The molecule has 2 aliphatic heterocycles. The highest BCUT2D eigenvalue weighted by Crippen LogP contribution is 2.42. The van der Waals surface area contributed by atoms with E-state index >= 15 is 0 Å². The van der Waals surface area contributed by atoms with Crippen LogP contribution in [0.1, 0.15) is 0 Å². The van der Waals surface area contributed by atoms with Crippen LogP contribution in [-0.4, -0.2) is 68.9 Å². The number of aliphatic hydroxyl groups excluding tert-OH is 5. The summed E-state index contributed by atoms with van der Waals surface area (Å²) in [5.41, 5.74) is 0. The van der Waals surface area contributed by atoms with Gasteiger partial charge in [0.1, 0.15) is 6.10 Å². The summed E-state index contributed by atoms with van der Waals surface area (Å²) >= 11 is 0. The molecule has 2 heterocycles. The minimum absolute atomic E-state index is 0.565. The van der Waals surface area contributed by atoms with Crippen molar-refractivity contribution in [3.05, 3.63) is 0 Å². The van der Waals surface area contributed by atoms with Gasteiger partial charge in [-0.2, -0.15) is 4.52 Å². The SMILES string of the molecule is OC[C@@H](O)[C@@H]1[C@@H](O)[C@H](O)[C@H](O)[C@H]2O[O+]12. The highest BCUT2D eigenvalue weighted by molar-refractivity contribution is 4.96. The molecule has 0 radical (unpaired) electrons. The van der Waals surface area contributed by atoms with Crippen LogP contribution in [0, 0.1) is 0 Å². The average Bonchev–Trinajstić information content (AvgIpc) is 2.94. The molecule has 0 saturated carbocycles. The van der Waals surface area contributed by atoms with Crippen LogP contribution in [0.15, 0.2) is 0 Å². The average molecular weight is 209 g/mol. The molecular weight excluding hydrogens is 196 g/mol. The van der Waals surface area contributed by atoms with Crippen molar-refractivity contribution in [3.63, 3.8) is 0 Å². The molecule has 2 aliphatic rings. The fourth-order valence-electron chi connectivity index (χ4n) is 1.68. The Balaban J connectivity index is 2.11. The summed E-state index contributed by atoms with van der Waals surface area (Å²) in [6.07, 6.45) is -7.00. The van der Waals surface area contributed by atoms with E-state index in [1.165, 1.54) is 0 Å². The molecule has 0 bridgehead atoms. The Hall–Kier alpha value is -0.280. The molecule has 0 unspecified atom stereocenters. The maximum atomic E-state index is 9.48. The van der Waals surface area contributed by atoms with Gasteiger partial charge >= 0.3 is 6.29 Å². The molecule has 2 fully saturated rings. The van der Waals surface area contributed by atoms with Gasteiger partial charge in [0.15, 0.2) is 18.3 Å². The summed E-state index contributed by atoms with van der Waals surface area (Å²) in [7, 11) is 0. The normalized spacial score (nSPS) is 49.9. The van der Waals surface area contributed by atoms with Crippen molar-refractivity contribution >= 4 is 0 Å². The predicted octanol–water partition coefficient (Wildman–Crippen LogP) is -3.37. The van der Waals surface area contributed by atoms with E-state index in [9.17, 15) is 20.4 Å². The van der Waals surface area contributed by atoms with E-state index in [1.807, 2.05) is 4.52 Å². The van der Waals surface area contributed by atoms with Crippen molar-refractivity contribution in [2.45, 2.75) is 36.8 Å². The zero-order valence-electron chi connectivity index (χ0n) is 7.22. The monoisotopic (exact) mass is 209 g/mol. The zero-order valence-corrected chi connectivity index (χ0v) is 7.22. The lowest BCUT2D eigenvalue weighted by Gasteiger charge is -2.28.